The maximum atomic E-state index is 15.0. The first kappa shape index (κ1) is 25.4. The molecule has 6 rings (SSSR count). The number of fused-ring (bicyclic) bond motifs is 4. The number of amides is 1. The molecular formula is C30H28ClFN6O. The number of nitriles is 1. The van der Waals surface area contributed by atoms with Crippen LogP contribution in [-0.4, -0.2) is 28.4 Å². The number of nitrogens with zero attached hydrogens (tertiary/aromatic N) is 3. The van der Waals surface area contributed by atoms with Gasteiger partial charge in [-0.1, -0.05) is 29.8 Å². The van der Waals surface area contributed by atoms with E-state index in [2.05, 4.69) is 26.6 Å². The van der Waals surface area contributed by atoms with Crippen LogP contribution in [0.25, 0.3) is 0 Å². The van der Waals surface area contributed by atoms with Crippen molar-refractivity contribution in [3.8, 4) is 6.07 Å². The number of carbonyl (C=O) groups excluding carboxylic acids is 1. The summed E-state index contributed by atoms with van der Waals surface area (Å²) in [7, 11) is 0. The Balaban J connectivity index is 1.44. The van der Waals surface area contributed by atoms with Crippen molar-refractivity contribution in [1.29, 1.82) is 5.26 Å². The maximum Gasteiger partial charge on any atom is 0.247 e. The van der Waals surface area contributed by atoms with Gasteiger partial charge in [-0.05, 0) is 91.1 Å². The van der Waals surface area contributed by atoms with E-state index in [1.807, 2.05) is 18.2 Å². The van der Waals surface area contributed by atoms with E-state index in [1.54, 1.807) is 36.5 Å². The summed E-state index contributed by atoms with van der Waals surface area (Å²) >= 11 is 6.05. The van der Waals surface area contributed by atoms with E-state index in [1.165, 1.54) is 11.6 Å². The Morgan fingerprint density at radius 3 is 2.82 bits per heavy atom. The third-order valence-corrected chi connectivity index (χ3v) is 8.28. The minimum Gasteiger partial charge on any atom is -0.346 e. The molecule has 2 fully saturated rings. The lowest BCUT2D eigenvalue weighted by Gasteiger charge is -2.32. The molecule has 2 bridgehead atoms. The lowest BCUT2D eigenvalue weighted by atomic mass is 9.79. The van der Waals surface area contributed by atoms with Crippen LogP contribution in [0.2, 0.25) is 5.02 Å². The van der Waals surface area contributed by atoms with Gasteiger partial charge in [-0.3, -0.25) is 4.79 Å². The predicted octanol–water partition coefficient (Wildman–Crippen LogP) is 5.49. The van der Waals surface area contributed by atoms with Gasteiger partial charge in [0.25, 0.3) is 0 Å². The fraction of sp³-hybridized carbons (Fsp3) is 0.300. The number of benzene rings is 2. The monoisotopic (exact) mass is 542 g/mol. The number of halogens is 2. The van der Waals surface area contributed by atoms with Crippen LogP contribution >= 0.6 is 11.6 Å². The lowest BCUT2D eigenvalue weighted by molar-refractivity contribution is -0.119. The van der Waals surface area contributed by atoms with Gasteiger partial charge in [0.05, 0.1) is 27.9 Å². The largest absolute Gasteiger partial charge is 0.346 e. The molecule has 3 atom stereocenters. The number of hydrogen-bond donors (Lipinski definition) is 3. The highest BCUT2D eigenvalue weighted by molar-refractivity contribution is 6.30. The second-order valence-corrected chi connectivity index (χ2v) is 10.9. The van der Waals surface area contributed by atoms with E-state index in [0.29, 0.717) is 41.4 Å². The summed E-state index contributed by atoms with van der Waals surface area (Å²) in [6.07, 6.45) is 5.33. The number of anilines is 2. The third-order valence-electron chi connectivity index (χ3n) is 8.05. The van der Waals surface area contributed by atoms with Crippen LogP contribution < -0.4 is 16.4 Å². The van der Waals surface area contributed by atoms with Crippen molar-refractivity contribution >= 4 is 29.0 Å². The Bertz CT molecular complexity index is 1520. The molecule has 1 saturated carbocycles. The van der Waals surface area contributed by atoms with Crippen LogP contribution in [-0.2, 0) is 10.3 Å². The molecule has 198 valence electrons. The van der Waals surface area contributed by atoms with Crippen molar-refractivity contribution < 1.29 is 9.18 Å². The van der Waals surface area contributed by atoms with E-state index in [-0.39, 0.29) is 17.5 Å². The van der Waals surface area contributed by atoms with Crippen molar-refractivity contribution in [2.45, 2.75) is 43.7 Å². The average Bonchev–Trinajstić information content (AvgIpc) is 3.55. The quantitative estimate of drug-likeness (QED) is 0.404. The molecule has 0 spiro atoms. The molecule has 1 amide bonds. The zero-order valence-electron chi connectivity index (χ0n) is 21.3. The summed E-state index contributed by atoms with van der Waals surface area (Å²) in [6.45, 7) is 0.703. The Morgan fingerprint density at radius 2 is 2.03 bits per heavy atom. The summed E-state index contributed by atoms with van der Waals surface area (Å²) in [5.74, 6) is 1.00. The summed E-state index contributed by atoms with van der Waals surface area (Å²) in [5, 5.41) is 16.4. The van der Waals surface area contributed by atoms with E-state index in [0.717, 1.165) is 30.6 Å². The van der Waals surface area contributed by atoms with Crippen molar-refractivity contribution in [3.63, 3.8) is 0 Å². The first-order valence-electron chi connectivity index (χ1n) is 13.1. The topological polar surface area (TPSA) is 107 Å². The molecule has 1 saturated heterocycles. The Labute approximate surface area is 231 Å². The van der Waals surface area contributed by atoms with Gasteiger partial charge in [0.15, 0.2) is 0 Å². The molecule has 3 aromatic rings. The summed E-state index contributed by atoms with van der Waals surface area (Å²) in [6, 6.07) is 17.2. The van der Waals surface area contributed by atoms with Gasteiger partial charge in [0.2, 0.25) is 5.91 Å². The molecule has 2 aromatic carbocycles. The number of rotatable bonds is 3. The van der Waals surface area contributed by atoms with Crippen molar-refractivity contribution in [1.82, 2.24) is 9.88 Å². The maximum absolute atomic E-state index is 15.0. The van der Waals surface area contributed by atoms with Crippen LogP contribution in [0.1, 0.15) is 48.8 Å². The zero-order chi connectivity index (χ0) is 27.1. The van der Waals surface area contributed by atoms with E-state index in [4.69, 9.17) is 17.3 Å². The molecule has 39 heavy (non-hydrogen) atoms. The van der Waals surface area contributed by atoms with Crippen LogP contribution in [0.3, 0.4) is 0 Å². The van der Waals surface area contributed by atoms with Gasteiger partial charge in [0, 0.05) is 12.7 Å². The molecule has 2 unspecified atom stereocenters. The van der Waals surface area contributed by atoms with Gasteiger partial charge in [-0.15, -0.1) is 0 Å². The number of aromatic nitrogens is 1. The van der Waals surface area contributed by atoms with Crippen LogP contribution in [0.4, 0.5) is 15.9 Å². The Morgan fingerprint density at radius 1 is 1.18 bits per heavy atom. The molecule has 3 heterocycles. The highest BCUT2D eigenvalue weighted by Crippen LogP contribution is 2.48. The molecular weight excluding hydrogens is 515 g/mol. The first-order valence-corrected chi connectivity index (χ1v) is 13.5. The number of nitrogens with two attached hydrogens (primary N) is 1. The van der Waals surface area contributed by atoms with Gasteiger partial charge < -0.3 is 21.3 Å². The molecule has 1 aromatic heterocycles. The van der Waals surface area contributed by atoms with Crippen LogP contribution in [0, 0.1) is 23.1 Å². The minimum atomic E-state index is -0.983. The second kappa shape index (κ2) is 9.99. The summed E-state index contributed by atoms with van der Waals surface area (Å²) in [5.41, 5.74) is 9.45. The van der Waals surface area contributed by atoms with E-state index in [9.17, 15) is 10.1 Å². The fourth-order valence-corrected chi connectivity index (χ4v) is 5.94. The van der Waals surface area contributed by atoms with Crippen molar-refractivity contribution in [2.75, 3.05) is 17.2 Å². The van der Waals surface area contributed by atoms with Crippen molar-refractivity contribution in [2.24, 2.45) is 11.7 Å². The third kappa shape index (κ3) is 4.84. The van der Waals surface area contributed by atoms with Crippen LogP contribution in [0.15, 0.2) is 72.2 Å². The molecule has 1 aliphatic carbocycles. The normalized spacial score (nSPS) is 26.2. The second-order valence-electron chi connectivity index (χ2n) is 10.5. The number of pyridine rings is 1. The number of allylic oxidation sites excluding steroid dienone is 1. The highest BCUT2D eigenvalue weighted by atomic mass is 35.5. The lowest BCUT2D eigenvalue weighted by Crippen LogP contribution is -2.41. The van der Waals surface area contributed by atoms with Gasteiger partial charge in [-0.2, -0.15) is 5.26 Å². The Kier molecular flexibility index (Phi) is 6.49. The Hall–Kier alpha value is -3.93. The van der Waals surface area contributed by atoms with Gasteiger partial charge >= 0.3 is 0 Å². The molecule has 2 aliphatic heterocycles. The summed E-state index contributed by atoms with van der Waals surface area (Å²) < 4.78 is 15.0. The number of hydrogen-bond acceptors (Lipinski definition) is 6. The molecule has 7 nitrogen and oxygen atoms in total. The smallest absolute Gasteiger partial charge is 0.247 e. The van der Waals surface area contributed by atoms with E-state index >= 15 is 4.39 Å². The standard InChI is InChI=1S/C30H28ClFN6O/c31-22-7-9-27(35-17-22)37-28-23-14-19(23)10-11-30(34,20-4-1-3-18(13-20)16-33)21-6-8-24(32)25(15-21)36-29(39)26-5-2-12-38(26)28/h1,3-4,6-9,13,15,17,19,26H,2,5,10-12,14,34H2,(H,35,37)(H,36,39)/b28-23-/t19?,26-,30?/m1/s1. The minimum absolute atomic E-state index is 0.0987. The molecule has 0 radical (unpaired) electrons. The molecule has 3 aliphatic rings. The van der Waals surface area contributed by atoms with E-state index < -0.39 is 17.4 Å². The number of nitrogens with one attached hydrogen (secondary N) is 2. The van der Waals surface area contributed by atoms with Crippen LogP contribution in [0.5, 0.6) is 0 Å². The predicted molar refractivity (Wildman–Crippen MR) is 148 cm³/mol. The van der Waals surface area contributed by atoms with Gasteiger partial charge in [-0.25, -0.2) is 9.37 Å². The molecule has 4 N–H and O–H groups in total. The fourth-order valence-electron chi connectivity index (χ4n) is 5.83. The SMILES string of the molecule is N#Cc1cccc(C2(N)CCC3C/C3=C(\Nc3ccc(Cl)cn3)N3CCC[C@@H]3C(=O)Nc3cc2ccc3F)c1. The molecule has 9 heteroatoms. The highest BCUT2D eigenvalue weighted by Gasteiger charge is 2.42. The van der Waals surface area contributed by atoms with Crippen molar-refractivity contribution in [3.05, 3.63) is 99.7 Å². The zero-order valence-corrected chi connectivity index (χ0v) is 22.0. The van der Waals surface area contributed by atoms with Gasteiger partial charge in [0.1, 0.15) is 23.5 Å². The first-order chi connectivity index (χ1) is 18.9. The number of carbonyl (C=O) groups is 1. The summed E-state index contributed by atoms with van der Waals surface area (Å²) in [4.78, 5) is 20.1. The average molecular weight is 543 g/mol.